The van der Waals surface area contributed by atoms with Gasteiger partial charge in [-0.25, -0.2) is 4.79 Å². The smallest absolute Gasteiger partial charge is 0.346 e. The first-order valence-electron chi connectivity index (χ1n) is 8.70. The molecule has 3 amide bonds. The Morgan fingerprint density at radius 1 is 1.18 bits per heavy atom. The van der Waals surface area contributed by atoms with Gasteiger partial charge in [-0.05, 0) is 43.7 Å². The summed E-state index contributed by atoms with van der Waals surface area (Å²) in [6, 6.07) is 10.9. The number of rotatable bonds is 6. The Bertz CT molecular complexity index is 926. The summed E-state index contributed by atoms with van der Waals surface area (Å²) in [5.74, 6) is 0.563. The molecule has 1 saturated heterocycles. The van der Waals surface area contributed by atoms with Gasteiger partial charge in [0.1, 0.15) is 22.8 Å². The van der Waals surface area contributed by atoms with E-state index in [9.17, 15) is 14.7 Å². The van der Waals surface area contributed by atoms with Crippen molar-refractivity contribution in [3.63, 3.8) is 0 Å². The van der Waals surface area contributed by atoms with Crippen LogP contribution in [0.25, 0.3) is 0 Å². The second kappa shape index (κ2) is 7.59. The van der Waals surface area contributed by atoms with Crippen LogP contribution < -0.4 is 14.8 Å². The average molecular weight is 383 g/mol. The van der Waals surface area contributed by atoms with E-state index in [0.29, 0.717) is 29.2 Å². The number of aromatic hydroxyl groups is 1. The quantitative estimate of drug-likeness (QED) is 0.590. The minimum Gasteiger partial charge on any atom is -0.507 e. The molecule has 2 aromatic carbocycles. The van der Waals surface area contributed by atoms with Crippen LogP contribution in [0, 0.1) is 0 Å². The summed E-state index contributed by atoms with van der Waals surface area (Å²) in [7, 11) is 1.55. The third-order valence-corrected chi connectivity index (χ3v) is 4.46. The fourth-order valence-corrected chi connectivity index (χ4v) is 2.86. The largest absolute Gasteiger partial charge is 0.507 e. The number of phenolic OH excluding ortho intramolecular Hbond substituents is 1. The number of urea groups is 1. The van der Waals surface area contributed by atoms with Crippen molar-refractivity contribution in [2.45, 2.75) is 19.4 Å². The molecule has 1 aliphatic rings. The van der Waals surface area contributed by atoms with Crippen molar-refractivity contribution in [3.8, 4) is 17.2 Å². The maximum absolute atomic E-state index is 12.9. The number of carbonyl (C=O) groups excluding carboxylic acids is 2. The number of hydrazone groups is 1. The van der Waals surface area contributed by atoms with Crippen LogP contribution in [0.1, 0.15) is 25.0 Å². The van der Waals surface area contributed by atoms with Gasteiger partial charge >= 0.3 is 6.03 Å². The minimum atomic E-state index is -1.25. The van der Waals surface area contributed by atoms with Crippen LogP contribution in [0.15, 0.2) is 47.6 Å². The topological polar surface area (TPSA) is 100 Å². The summed E-state index contributed by atoms with van der Waals surface area (Å²) >= 11 is 0. The van der Waals surface area contributed by atoms with Crippen molar-refractivity contribution in [2.24, 2.45) is 5.10 Å². The van der Waals surface area contributed by atoms with Crippen molar-refractivity contribution in [2.75, 3.05) is 13.7 Å². The number of nitrogens with zero attached hydrogens (tertiary/aromatic N) is 2. The van der Waals surface area contributed by atoms with Crippen molar-refractivity contribution in [1.29, 1.82) is 0 Å². The number of carbonyl (C=O) groups is 2. The molecule has 0 aliphatic carbocycles. The second-order valence-corrected chi connectivity index (χ2v) is 6.30. The lowest BCUT2D eigenvalue weighted by atomic mass is 9.92. The highest BCUT2D eigenvalue weighted by Crippen LogP contribution is 2.30. The molecular formula is C20H21N3O5. The molecule has 146 valence electrons. The predicted molar refractivity (Wildman–Crippen MR) is 103 cm³/mol. The molecule has 8 nitrogen and oxygen atoms in total. The van der Waals surface area contributed by atoms with Crippen LogP contribution in [-0.2, 0) is 10.3 Å². The summed E-state index contributed by atoms with van der Waals surface area (Å²) in [4.78, 5) is 25.2. The molecule has 3 rings (SSSR count). The highest BCUT2D eigenvalue weighted by atomic mass is 16.5. The van der Waals surface area contributed by atoms with Crippen LogP contribution in [-0.4, -0.2) is 42.0 Å². The molecule has 8 heteroatoms. The van der Waals surface area contributed by atoms with E-state index in [1.165, 1.54) is 12.3 Å². The lowest BCUT2D eigenvalue weighted by Crippen LogP contribution is -2.40. The number of amides is 3. The summed E-state index contributed by atoms with van der Waals surface area (Å²) < 4.78 is 10.4. The van der Waals surface area contributed by atoms with Gasteiger partial charge in [-0.1, -0.05) is 12.1 Å². The highest BCUT2D eigenvalue weighted by Gasteiger charge is 2.49. The van der Waals surface area contributed by atoms with Crippen molar-refractivity contribution in [1.82, 2.24) is 10.3 Å². The van der Waals surface area contributed by atoms with Gasteiger partial charge in [0.2, 0.25) is 0 Å². The van der Waals surface area contributed by atoms with Gasteiger partial charge in [0, 0.05) is 11.6 Å². The van der Waals surface area contributed by atoms with Gasteiger partial charge < -0.3 is 19.9 Å². The van der Waals surface area contributed by atoms with Crippen molar-refractivity contribution in [3.05, 3.63) is 53.6 Å². The lowest BCUT2D eigenvalue weighted by Gasteiger charge is -2.21. The average Bonchev–Trinajstić information content (AvgIpc) is 2.91. The van der Waals surface area contributed by atoms with E-state index >= 15 is 0 Å². The first kappa shape index (κ1) is 19.2. The zero-order chi connectivity index (χ0) is 20.3. The third-order valence-electron chi connectivity index (χ3n) is 4.46. The van der Waals surface area contributed by atoms with Gasteiger partial charge in [0.25, 0.3) is 5.91 Å². The molecule has 1 atom stereocenters. The normalized spacial score (nSPS) is 19.2. The Labute approximate surface area is 162 Å². The van der Waals surface area contributed by atoms with E-state index in [0.717, 1.165) is 5.01 Å². The van der Waals surface area contributed by atoms with Crippen LogP contribution in [0.5, 0.6) is 17.2 Å². The molecule has 0 unspecified atom stereocenters. The molecular weight excluding hydrogens is 362 g/mol. The van der Waals surface area contributed by atoms with E-state index < -0.39 is 17.5 Å². The molecule has 0 radical (unpaired) electrons. The molecule has 0 aromatic heterocycles. The van der Waals surface area contributed by atoms with E-state index in [-0.39, 0.29) is 5.75 Å². The van der Waals surface area contributed by atoms with E-state index in [2.05, 4.69) is 10.4 Å². The number of hydrogen-bond acceptors (Lipinski definition) is 6. The molecule has 1 aliphatic heterocycles. The van der Waals surface area contributed by atoms with E-state index in [1.54, 1.807) is 50.4 Å². The number of hydrogen-bond donors (Lipinski definition) is 2. The number of ether oxygens (including phenoxy) is 2. The Kier molecular flexibility index (Phi) is 5.21. The molecule has 1 fully saturated rings. The number of nitrogens with one attached hydrogen (secondary N) is 1. The molecule has 2 aromatic rings. The van der Waals surface area contributed by atoms with E-state index in [1.807, 2.05) is 6.92 Å². The summed E-state index contributed by atoms with van der Waals surface area (Å²) in [6.45, 7) is 3.92. The van der Waals surface area contributed by atoms with Crippen molar-refractivity contribution >= 4 is 18.2 Å². The molecule has 0 spiro atoms. The number of phenols is 1. The van der Waals surface area contributed by atoms with Crippen LogP contribution in [0.2, 0.25) is 0 Å². The summed E-state index contributed by atoms with van der Waals surface area (Å²) in [6.07, 6.45) is 1.25. The fourth-order valence-electron chi connectivity index (χ4n) is 2.86. The third kappa shape index (κ3) is 3.48. The number of imide groups is 1. The SMILES string of the molecule is CCOc1ccc(/C=N/N2C(=O)N[C@](C)(c3ccc(OC)cc3)C2=O)c(O)c1. The zero-order valence-corrected chi connectivity index (χ0v) is 15.8. The lowest BCUT2D eigenvalue weighted by molar-refractivity contribution is -0.131. The fraction of sp³-hybridized carbons (Fsp3) is 0.250. The minimum absolute atomic E-state index is 0.0697. The van der Waals surface area contributed by atoms with Crippen LogP contribution in [0.3, 0.4) is 0 Å². The summed E-state index contributed by atoms with van der Waals surface area (Å²) in [5.41, 5.74) is -0.294. The predicted octanol–water partition coefficient (Wildman–Crippen LogP) is 2.60. The molecule has 28 heavy (non-hydrogen) atoms. The Balaban J connectivity index is 1.82. The molecule has 0 bridgehead atoms. The van der Waals surface area contributed by atoms with E-state index in [4.69, 9.17) is 9.47 Å². The highest BCUT2D eigenvalue weighted by molar-refractivity contribution is 6.07. The summed E-state index contributed by atoms with van der Waals surface area (Å²) in [5, 5.41) is 17.4. The van der Waals surface area contributed by atoms with Gasteiger partial charge in [0.05, 0.1) is 19.9 Å². The van der Waals surface area contributed by atoms with Crippen LogP contribution >= 0.6 is 0 Å². The number of methoxy groups -OCH3 is 1. The molecule has 0 saturated carbocycles. The Hall–Kier alpha value is -3.55. The van der Waals surface area contributed by atoms with Crippen LogP contribution in [0.4, 0.5) is 4.79 Å². The Morgan fingerprint density at radius 3 is 2.46 bits per heavy atom. The van der Waals surface area contributed by atoms with Gasteiger partial charge in [-0.15, -0.1) is 5.01 Å². The second-order valence-electron chi connectivity index (χ2n) is 6.30. The first-order valence-corrected chi connectivity index (χ1v) is 8.70. The Morgan fingerprint density at radius 2 is 1.86 bits per heavy atom. The van der Waals surface area contributed by atoms with Gasteiger partial charge in [0.15, 0.2) is 0 Å². The number of benzene rings is 2. The maximum atomic E-state index is 12.9. The first-order chi connectivity index (χ1) is 13.4. The molecule has 1 heterocycles. The standard InChI is InChI=1S/C20H21N3O5/c1-4-28-16-8-5-13(17(24)11-16)12-21-23-18(25)20(2,22-19(23)26)14-6-9-15(27-3)10-7-14/h5-12,24H,4H2,1-3H3,(H,22,26)/b21-12+/t20-/m1/s1. The van der Waals surface area contributed by atoms with Crippen molar-refractivity contribution < 1.29 is 24.2 Å². The van der Waals surface area contributed by atoms with Gasteiger partial charge in [-0.2, -0.15) is 5.10 Å². The monoisotopic (exact) mass is 383 g/mol. The molecule has 2 N–H and O–H groups in total. The maximum Gasteiger partial charge on any atom is 0.346 e. The van der Waals surface area contributed by atoms with Gasteiger partial charge in [-0.3, -0.25) is 4.79 Å². The zero-order valence-electron chi connectivity index (χ0n) is 15.8.